The molecule has 0 aliphatic carbocycles. The lowest BCUT2D eigenvalue weighted by molar-refractivity contribution is 0.0390. The van der Waals surface area contributed by atoms with Gasteiger partial charge in [-0.3, -0.25) is 9.48 Å². The Morgan fingerprint density at radius 1 is 1.12 bits per heavy atom. The first-order valence-electron chi connectivity index (χ1n) is 11.3. The van der Waals surface area contributed by atoms with E-state index in [2.05, 4.69) is 10.1 Å². The largest absolute Gasteiger partial charge is 0.327 e. The van der Waals surface area contributed by atoms with Crippen LogP contribution in [-0.2, 0) is 13.5 Å². The molecule has 0 saturated carbocycles. The molecule has 34 heavy (non-hydrogen) atoms. The Kier molecular flexibility index (Phi) is 4.59. The number of hydrogen-bond acceptors (Lipinski definition) is 3. The van der Waals surface area contributed by atoms with Crippen LogP contribution in [-0.4, -0.2) is 36.0 Å². The molecule has 1 saturated heterocycles. The number of imidazole rings is 1. The van der Waals surface area contributed by atoms with Gasteiger partial charge in [-0.25, -0.2) is 18.2 Å². The number of nitrogens with zero attached hydrogens (tertiary/aromatic N) is 5. The highest BCUT2D eigenvalue weighted by Gasteiger charge is 2.44. The van der Waals surface area contributed by atoms with Crippen molar-refractivity contribution in [2.24, 2.45) is 7.05 Å². The van der Waals surface area contributed by atoms with Gasteiger partial charge in [0.2, 0.25) is 0 Å². The topological polar surface area (TPSA) is 55.4 Å². The second kappa shape index (κ2) is 7.44. The van der Waals surface area contributed by atoms with E-state index in [1.165, 1.54) is 0 Å². The molecule has 1 amide bonds. The van der Waals surface area contributed by atoms with Gasteiger partial charge in [-0.15, -0.1) is 0 Å². The Labute approximate surface area is 193 Å². The van der Waals surface area contributed by atoms with Crippen molar-refractivity contribution in [3.8, 4) is 11.3 Å². The van der Waals surface area contributed by atoms with Gasteiger partial charge in [0.15, 0.2) is 17.5 Å². The van der Waals surface area contributed by atoms with E-state index in [1.807, 2.05) is 34.6 Å². The van der Waals surface area contributed by atoms with Gasteiger partial charge in [0, 0.05) is 42.3 Å². The molecule has 5 heterocycles. The van der Waals surface area contributed by atoms with E-state index in [-0.39, 0.29) is 23.6 Å². The van der Waals surface area contributed by atoms with Crippen molar-refractivity contribution in [2.75, 3.05) is 0 Å². The second-order valence-electron chi connectivity index (χ2n) is 9.09. The van der Waals surface area contributed by atoms with Crippen molar-refractivity contribution in [3.05, 3.63) is 76.6 Å². The van der Waals surface area contributed by atoms with Crippen LogP contribution in [0.15, 0.2) is 36.7 Å². The van der Waals surface area contributed by atoms with Crippen LogP contribution in [0.1, 0.15) is 52.6 Å². The third-order valence-electron chi connectivity index (χ3n) is 7.22. The van der Waals surface area contributed by atoms with E-state index < -0.39 is 17.5 Å². The molecule has 2 aliphatic rings. The zero-order valence-corrected chi connectivity index (χ0v) is 18.7. The van der Waals surface area contributed by atoms with E-state index >= 15 is 0 Å². The molecule has 4 aromatic rings. The van der Waals surface area contributed by atoms with E-state index in [0.717, 1.165) is 54.0 Å². The zero-order chi connectivity index (χ0) is 23.7. The van der Waals surface area contributed by atoms with Crippen molar-refractivity contribution in [2.45, 2.75) is 44.7 Å². The Morgan fingerprint density at radius 2 is 1.88 bits per heavy atom. The van der Waals surface area contributed by atoms with Crippen LogP contribution < -0.4 is 0 Å². The number of aromatic nitrogens is 4. The first-order chi connectivity index (χ1) is 16.3. The van der Waals surface area contributed by atoms with Gasteiger partial charge in [0.1, 0.15) is 5.65 Å². The first-order valence-corrected chi connectivity index (χ1v) is 11.3. The van der Waals surface area contributed by atoms with Gasteiger partial charge in [-0.2, -0.15) is 5.10 Å². The lowest BCUT2D eigenvalue weighted by Crippen LogP contribution is -2.50. The highest BCUT2D eigenvalue weighted by atomic mass is 19.2. The second-order valence-corrected chi connectivity index (χ2v) is 9.09. The Hall–Kier alpha value is -3.62. The number of carbonyl (C=O) groups excluding carboxylic acids is 1. The molecule has 2 aliphatic heterocycles. The van der Waals surface area contributed by atoms with Crippen molar-refractivity contribution in [1.29, 1.82) is 0 Å². The highest BCUT2D eigenvalue weighted by molar-refractivity contribution is 5.96. The first kappa shape index (κ1) is 20.9. The summed E-state index contributed by atoms with van der Waals surface area (Å²) in [6, 6.07) is 5.37. The third kappa shape index (κ3) is 2.92. The fraction of sp³-hybridized carbons (Fsp3) is 0.320. The zero-order valence-electron chi connectivity index (χ0n) is 18.7. The van der Waals surface area contributed by atoms with Crippen LogP contribution in [0.25, 0.3) is 16.9 Å². The predicted octanol–water partition coefficient (Wildman–Crippen LogP) is 4.75. The molecule has 3 aromatic heterocycles. The smallest absolute Gasteiger partial charge is 0.256 e. The molecule has 6 nitrogen and oxygen atoms in total. The fourth-order valence-corrected chi connectivity index (χ4v) is 5.70. The fourth-order valence-electron chi connectivity index (χ4n) is 5.70. The molecule has 174 valence electrons. The molecule has 0 unspecified atom stereocenters. The number of pyridine rings is 1. The van der Waals surface area contributed by atoms with Crippen molar-refractivity contribution < 1.29 is 18.0 Å². The normalized spacial score (nSPS) is 19.5. The maximum Gasteiger partial charge on any atom is 0.256 e. The van der Waals surface area contributed by atoms with Gasteiger partial charge in [0.25, 0.3) is 5.91 Å². The molecule has 1 aromatic carbocycles. The standard InChI is InChI=1S/C25H22F3N5O/c1-13-16(6-7-21-29-8-9-32(13)21)25(34)33-15-4-3-5-20(33)23-17(12-15)24(31(2)30-23)14-10-18(26)22(28)19(27)11-14/h6-11,15,20H,3-5,12H2,1-2H3/t15-,20+/m0/s1. The number of halogens is 3. The number of amides is 1. The molecule has 0 N–H and O–H groups in total. The Morgan fingerprint density at radius 3 is 2.65 bits per heavy atom. The number of aryl methyl sites for hydroxylation is 2. The number of hydrogen-bond donors (Lipinski definition) is 0. The average Bonchev–Trinajstić information content (AvgIpc) is 3.41. The van der Waals surface area contributed by atoms with Crippen molar-refractivity contribution in [1.82, 2.24) is 24.1 Å². The number of rotatable bonds is 2. The predicted molar refractivity (Wildman–Crippen MR) is 119 cm³/mol. The molecule has 2 bridgehead atoms. The minimum Gasteiger partial charge on any atom is -0.327 e. The van der Waals surface area contributed by atoms with Gasteiger partial charge in [0.05, 0.1) is 23.0 Å². The van der Waals surface area contributed by atoms with Crippen LogP contribution in [0.4, 0.5) is 13.2 Å². The molecule has 0 radical (unpaired) electrons. The highest BCUT2D eigenvalue weighted by Crippen LogP contribution is 2.45. The number of benzene rings is 1. The number of fused-ring (bicyclic) bond motifs is 5. The van der Waals surface area contributed by atoms with E-state index in [0.29, 0.717) is 17.7 Å². The molecule has 6 rings (SSSR count). The molecule has 9 heteroatoms. The lowest BCUT2D eigenvalue weighted by atomic mass is 9.81. The Bertz CT molecular complexity index is 1450. The summed E-state index contributed by atoms with van der Waals surface area (Å²) in [6.07, 6.45) is 6.61. The summed E-state index contributed by atoms with van der Waals surface area (Å²) in [5.41, 5.74) is 4.64. The van der Waals surface area contributed by atoms with Crippen molar-refractivity contribution in [3.63, 3.8) is 0 Å². The van der Waals surface area contributed by atoms with Crippen molar-refractivity contribution >= 4 is 11.6 Å². The summed E-state index contributed by atoms with van der Waals surface area (Å²) in [4.78, 5) is 20.0. The SMILES string of the molecule is Cc1c(C(=O)N2[C@H]3CCC[C@@H]2c2nn(C)c(-c4cc(F)c(F)c(F)c4)c2C3)ccc2nccn12. The van der Waals surface area contributed by atoms with Crippen LogP contribution in [0.5, 0.6) is 0 Å². The van der Waals surface area contributed by atoms with Gasteiger partial charge in [-0.1, -0.05) is 0 Å². The third-order valence-corrected chi connectivity index (χ3v) is 7.22. The number of carbonyl (C=O) groups is 1. The van der Waals surface area contributed by atoms with E-state index in [4.69, 9.17) is 0 Å². The minimum absolute atomic E-state index is 0.0560. The summed E-state index contributed by atoms with van der Waals surface area (Å²) >= 11 is 0. The minimum atomic E-state index is -1.49. The molecule has 1 fully saturated rings. The number of piperidine rings is 1. The van der Waals surface area contributed by atoms with Gasteiger partial charge >= 0.3 is 0 Å². The average molecular weight is 465 g/mol. The van der Waals surface area contributed by atoms with Crippen LogP contribution in [0, 0.1) is 24.4 Å². The van der Waals surface area contributed by atoms with Crippen LogP contribution >= 0.6 is 0 Å². The monoisotopic (exact) mass is 465 g/mol. The Balaban J connectivity index is 1.45. The molecule has 0 spiro atoms. The van der Waals surface area contributed by atoms with Gasteiger partial charge in [-0.05, 0) is 56.9 Å². The molecular formula is C25H22F3N5O. The van der Waals surface area contributed by atoms with Gasteiger partial charge < -0.3 is 9.30 Å². The summed E-state index contributed by atoms with van der Waals surface area (Å²) in [5.74, 6) is -4.01. The summed E-state index contributed by atoms with van der Waals surface area (Å²) in [6.45, 7) is 1.91. The maximum absolute atomic E-state index is 14.0. The molecule has 2 atom stereocenters. The van der Waals surface area contributed by atoms with E-state index in [9.17, 15) is 18.0 Å². The van der Waals surface area contributed by atoms with E-state index in [1.54, 1.807) is 17.9 Å². The van der Waals surface area contributed by atoms with Crippen LogP contribution in [0.2, 0.25) is 0 Å². The van der Waals surface area contributed by atoms with Crippen LogP contribution in [0.3, 0.4) is 0 Å². The quantitative estimate of drug-likeness (QED) is 0.402. The molecular weight excluding hydrogens is 443 g/mol. The summed E-state index contributed by atoms with van der Waals surface area (Å²) in [5, 5.41) is 4.69. The maximum atomic E-state index is 14.0. The lowest BCUT2D eigenvalue weighted by Gasteiger charge is -2.45. The summed E-state index contributed by atoms with van der Waals surface area (Å²) < 4.78 is 45.1. The summed E-state index contributed by atoms with van der Waals surface area (Å²) in [7, 11) is 1.71.